The molecule has 3 heteroatoms. The predicted molar refractivity (Wildman–Crippen MR) is 76.9 cm³/mol. The van der Waals surface area contributed by atoms with E-state index in [2.05, 4.69) is 62.3 Å². The van der Waals surface area contributed by atoms with Crippen LogP contribution in [0.15, 0.2) is 27.1 Å². The van der Waals surface area contributed by atoms with Gasteiger partial charge in [0.2, 0.25) is 0 Å². The first-order chi connectivity index (χ1) is 7.65. The molecule has 1 aliphatic carbocycles. The maximum Gasteiger partial charge on any atom is 0.0487 e. The Balaban J connectivity index is 2.02. The smallest absolute Gasteiger partial charge is 0.0487 e. The molecule has 2 unspecified atom stereocenters. The van der Waals surface area contributed by atoms with E-state index in [1.54, 1.807) is 0 Å². The minimum atomic E-state index is 0.640. The molecule has 0 spiro atoms. The van der Waals surface area contributed by atoms with Gasteiger partial charge in [0.1, 0.15) is 0 Å². The van der Waals surface area contributed by atoms with Gasteiger partial charge in [-0.25, -0.2) is 0 Å². The van der Waals surface area contributed by atoms with Crippen LogP contribution in [0.1, 0.15) is 32.6 Å². The summed E-state index contributed by atoms with van der Waals surface area (Å²) in [4.78, 5) is 0. The largest absolute Gasteiger partial charge is 0.381 e. The van der Waals surface area contributed by atoms with Crippen LogP contribution in [-0.4, -0.2) is 6.04 Å². The molecule has 2 atom stereocenters. The Morgan fingerprint density at radius 3 is 2.75 bits per heavy atom. The van der Waals surface area contributed by atoms with Crippen molar-refractivity contribution in [2.24, 2.45) is 5.92 Å². The van der Waals surface area contributed by atoms with Crippen molar-refractivity contribution in [1.82, 2.24) is 0 Å². The standard InChI is InChI=1S/C13H17Br2N/c1-9-3-2-4-11(7-9)16-13-6-5-10(14)8-12(13)15/h5-6,8-9,11,16H,2-4,7H2,1H3. The maximum atomic E-state index is 3.64. The molecule has 2 rings (SSSR count). The Hall–Kier alpha value is -0.0200. The van der Waals surface area contributed by atoms with Gasteiger partial charge in [-0.3, -0.25) is 0 Å². The molecule has 16 heavy (non-hydrogen) atoms. The van der Waals surface area contributed by atoms with Gasteiger partial charge in [-0.2, -0.15) is 0 Å². The van der Waals surface area contributed by atoms with Gasteiger partial charge in [0, 0.05) is 20.7 Å². The lowest BCUT2D eigenvalue weighted by atomic mass is 9.87. The van der Waals surface area contributed by atoms with Gasteiger partial charge < -0.3 is 5.32 Å². The number of anilines is 1. The summed E-state index contributed by atoms with van der Waals surface area (Å²) >= 11 is 7.07. The summed E-state index contributed by atoms with van der Waals surface area (Å²) in [6.45, 7) is 2.35. The molecule has 0 heterocycles. The Labute approximate surface area is 114 Å². The van der Waals surface area contributed by atoms with Gasteiger partial charge >= 0.3 is 0 Å². The summed E-state index contributed by atoms with van der Waals surface area (Å²) in [5, 5.41) is 3.64. The zero-order valence-corrected chi connectivity index (χ0v) is 12.6. The molecule has 1 aliphatic rings. The maximum absolute atomic E-state index is 3.64. The molecule has 1 aromatic rings. The second-order valence-electron chi connectivity index (χ2n) is 4.74. The minimum Gasteiger partial charge on any atom is -0.381 e. The number of rotatable bonds is 2. The minimum absolute atomic E-state index is 0.640. The average molecular weight is 347 g/mol. The van der Waals surface area contributed by atoms with Crippen molar-refractivity contribution in [1.29, 1.82) is 0 Å². The monoisotopic (exact) mass is 345 g/mol. The topological polar surface area (TPSA) is 12.0 Å². The fourth-order valence-corrected chi connectivity index (χ4v) is 3.55. The lowest BCUT2D eigenvalue weighted by Crippen LogP contribution is -2.26. The van der Waals surface area contributed by atoms with Gasteiger partial charge in [-0.15, -0.1) is 0 Å². The summed E-state index contributed by atoms with van der Waals surface area (Å²) < 4.78 is 2.25. The van der Waals surface area contributed by atoms with Crippen molar-refractivity contribution in [3.63, 3.8) is 0 Å². The zero-order valence-electron chi connectivity index (χ0n) is 9.47. The Bertz CT molecular complexity index is 365. The van der Waals surface area contributed by atoms with Gasteiger partial charge in [0.25, 0.3) is 0 Å². The summed E-state index contributed by atoms with van der Waals surface area (Å²) in [6.07, 6.45) is 5.34. The molecule has 1 saturated carbocycles. The van der Waals surface area contributed by atoms with E-state index in [0.717, 1.165) is 14.9 Å². The van der Waals surface area contributed by atoms with Crippen LogP contribution in [-0.2, 0) is 0 Å². The first-order valence-electron chi connectivity index (χ1n) is 5.87. The predicted octanol–water partition coefficient (Wildman–Crippen LogP) is 5.20. The molecule has 0 amide bonds. The zero-order chi connectivity index (χ0) is 11.5. The molecular weight excluding hydrogens is 330 g/mol. The van der Waals surface area contributed by atoms with Crippen LogP contribution in [0.4, 0.5) is 5.69 Å². The molecule has 0 radical (unpaired) electrons. The number of hydrogen-bond donors (Lipinski definition) is 1. The lowest BCUT2D eigenvalue weighted by Gasteiger charge is -2.28. The number of hydrogen-bond acceptors (Lipinski definition) is 1. The quantitative estimate of drug-likeness (QED) is 0.775. The Morgan fingerprint density at radius 2 is 2.06 bits per heavy atom. The van der Waals surface area contributed by atoms with Crippen LogP contribution in [0.5, 0.6) is 0 Å². The third kappa shape index (κ3) is 3.24. The summed E-state index contributed by atoms with van der Waals surface area (Å²) in [5.74, 6) is 0.862. The Kier molecular flexibility index (Phi) is 4.31. The van der Waals surface area contributed by atoms with E-state index in [1.807, 2.05) is 0 Å². The first kappa shape index (κ1) is 12.4. The molecule has 0 saturated heterocycles. The lowest BCUT2D eigenvalue weighted by molar-refractivity contribution is 0.358. The van der Waals surface area contributed by atoms with Gasteiger partial charge in [0.15, 0.2) is 0 Å². The highest BCUT2D eigenvalue weighted by molar-refractivity contribution is 9.11. The van der Waals surface area contributed by atoms with Gasteiger partial charge in [0.05, 0.1) is 0 Å². The second-order valence-corrected chi connectivity index (χ2v) is 6.51. The molecular formula is C13H17Br2N. The van der Waals surface area contributed by atoms with E-state index in [9.17, 15) is 0 Å². The first-order valence-corrected chi connectivity index (χ1v) is 7.45. The van der Waals surface area contributed by atoms with Crippen molar-refractivity contribution in [2.75, 3.05) is 5.32 Å². The van der Waals surface area contributed by atoms with E-state index in [1.165, 1.54) is 31.4 Å². The number of nitrogens with one attached hydrogen (secondary N) is 1. The summed E-state index contributed by atoms with van der Waals surface area (Å²) in [6, 6.07) is 6.95. The SMILES string of the molecule is CC1CCCC(Nc2ccc(Br)cc2Br)C1. The number of halogens is 2. The van der Waals surface area contributed by atoms with Crippen molar-refractivity contribution in [3.8, 4) is 0 Å². The van der Waals surface area contributed by atoms with Crippen molar-refractivity contribution in [2.45, 2.75) is 38.6 Å². The van der Waals surface area contributed by atoms with E-state index < -0.39 is 0 Å². The highest BCUT2D eigenvalue weighted by Crippen LogP contribution is 2.30. The summed E-state index contributed by atoms with van der Waals surface area (Å²) in [5.41, 5.74) is 1.21. The molecule has 1 aromatic carbocycles. The number of benzene rings is 1. The van der Waals surface area contributed by atoms with E-state index in [-0.39, 0.29) is 0 Å². The van der Waals surface area contributed by atoms with Crippen LogP contribution in [0, 0.1) is 5.92 Å². The molecule has 88 valence electrons. The second kappa shape index (κ2) is 5.54. The van der Waals surface area contributed by atoms with Gasteiger partial charge in [-0.1, -0.05) is 35.7 Å². The van der Waals surface area contributed by atoms with Gasteiger partial charge in [-0.05, 0) is 52.9 Å². The van der Waals surface area contributed by atoms with Crippen molar-refractivity contribution in [3.05, 3.63) is 27.1 Å². The fourth-order valence-electron chi connectivity index (χ4n) is 2.39. The van der Waals surface area contributed by atoms with Crippen molar-refractivity contribution >= 4 is 37.5 Å². The highest BCUT2D eigenvalue weighted by Gasteiger charge is 2.19. The van der Waals surface area contributed by atoms with Crippen molar-refractivity contribution < 1.29 is 0 Å². The third-order valence-electron chi connectivity index (χ3n) is 3.23. The molecule has 1 fully saturated rings. The Morgan fingerprint density at radius 1 is 1.25 bits per heavy atom. The molecule has 1 N–H and O–H groups in total. The van der Waals surface area contributed by atoms with Crippen LogP contribution >= 0.6 is 31.9 Å². The molecule has 0 bridgehead atoms. The highest BCUT2D eigenvalue weighted by atomic mass is 79.9. The fraction of sp³-hybridized carbons (Fsp3) is 0.538. The van der Waals surface area contributed by atoms with Crippen LogP contribution in [0.25, 0.3) is 0 Å². The van der Waals surface area contributed by atoms with E-state index in [4.69, 9.17) is 0 Å². The molecule has 1 nitrogen and oxygen atoms in total. The third-order valence-corrected chi connectivity index (χ3v) is 4.38. The molecule has 0 aromatic heterocycles. The van der Waals surface area contributed by atoms with Crippen LogP contribution in [0.3, 0.4) is 0 Å². The normalized spacial score (nSPS) is 25.4. The van der Waals surface area contributed by atoms with E-state index >= 15 is 0 Å². The van der Waals surface area contributed by atoms with E-state index in [0.29, 0.717) is 6.04 Å². The summed E-state index contributed by atoms with van der Waals surface area (Å²) in [7, 11) is 0. The average Bonchev–Trinajstić information content (AvgIpc) is 2.22. The van der Waals surface area contributed by atoms with Crippen LogP contribution in [0.2, 0.25) is 0 Å². The molecule has 0 aliphatic heterocycles. The van der Waals surface area contributed by atoms with Crippen LogP contribution < -0.4 is 5.32 Å².